The van der Waals surface area contributed by atoms with Gasteiger partial charge in [-0.1, -0.05) is 12.1 Å². The number of hydrogen-bond acceptors (Lipinski definition) is 2. The molecule has 1 fully saturated rings. The molecule has 4 nitrogen and oxygen atoms in total. The molecule has 3 rings (SSSR count). The molecule has 0 aromatic heterocycles. The lowest BCUT2D eigenvalue weighted by molar-refractivity contribution is -0.117. The molecule has 1 saturated carbocycles. The molecule has 1 aliphatic carbocycles. The fourth-order valence-electron chi connectivity index (χ4n) is 2.35. The number of rotatable bonds is 4. The summed E-state index contributed by atoms with van der Waals surface area (Å²) in [6, 6.07) is 12.9. The molecule has 4 heteroatoms. The summed E-state index contributed by atoms with van der Waals surface area (Å²) < 4.78 is 0. The minimum absolute atomic E-state index is 0.0580. The molecule has 2 aromatic rings. The quantitative estimate of drug-likeness (QED) is 0.900. The third kappa shape index (κ3) is 3.77. The van der Waals surface area contributed by atoms with Gasteiger partial charge in [-0.2, -0.15) is 0 Å². The third-order valence-electron chi connectivity index (χ3n) is 4.11. The number of nitrogens with one attached hydrogen (secondary N) is 2. The molecule has 0 atom stereocenters. The second kappa shape index (κ2) is 6.24. The molecule has 2 amide bonds. The summed E-state index contributed by atoms with van der Waals surface area (Å²) in [6.07, 6.45) is 1.93. The molecular weight excluding hydrogens is 288 g/mol. The maximum Gasteiger partial charge on any atom is 0.255 e. The van der Waals surface area contributed by atoms with Crippen LogP contribution in [0.5, 0.6) is 0 Å². The van der Waals surface area contributed by atoms with Gasteiger partial charge in [0.2, 0.25) is 5.91 Å². The highest BCUT2D eigenvalue weighted by Gasteiger charge is 2.29. The van der Waals surface area contributed by atoms with Crippen LogP contribution >= 0.6 is 0 Å². The molecule has 0 heterocycles. The summed E-state index contributed by atoms with van der Waals surface area (Å²) in [5.41, 5.74) is 4.25. The highest BCUT2D eigenvalue weighted by Crippen LogP contribution is 2.30. The molecule has 1 aliphatic rings. The number of carbonyl (C=O) groups excluding carboxylic acids is 2. The SMILES string of the molecule is Cc1ccc(C(=O)Nc2cccc(NC(=O)C3CC3)c2)cc1C. The van der Waals surface area contributed by atoms with Gasteiger partial charge in [-0.25, -0.2) is 0 Å². The maximum absolute atomic E-state index is 12.3. The lowest BCUT2D eigenvalue weighted by Crippen LogP contribution is -2.15. The monoisotopic (exact) mass is 308 g/mol. The number of amides is 2. The van der Waals surface area contributed by atoms with E-state index in [0.717, 1.165) is 24.0 Å². The van der Waals surface area contributed by atoms with Gasteiger partial charge in [0.25, 0.3) is 5.91 Å². The Hall–Kier alpha value is -2.62. The van der Waals surface area contributed by atoms with Crippen LogP contribution in [0.3, 0.4) is 0 Å². The van der Waals surface area contributed by atoms with Crippen LogP contribution in [0.4, 0.5) is 11.4 Å². The van der Waals surface area contributed by atoms with Crippen molar-refractivity contribution in [1.82, 2.24) is 0 Å². The molecule has 0 aliphatic heterocycles. The average Bonchev–Trinajstić information content (AvgIpc) is 3.35. The fraction of sp³-hybridized carbons (Fsp3) is 0.263. The lowest BCUT2D eigenvalue weighted by atomic mass is 10.1. The largest absolute Gasteiger partial charge is 0.326 e. The minimum Gasteiger partial charge on any atom is -0.326 e. The van der Waals surface area contributed by atoms with Crippen molar-refractivity contribution in [3.05, 3.63) is 59.2 Å². The Kier molecular flexibility index (Phi) is 4.15. The lowest BCUT2D eigenvalue weighted by Gasteiger charge is -2.09. The van der Waals surface area contributed by atoms with Gasteiger partial charge in [0.15, 0.2) is 0 Å². The van der Waals surface area contributed by atoms with Crippen LogP contribution in [0.2, 0.25) is 0 Å². The van der Waals surface area contributed by atoms with E-state index in [9.17, 15) is 9.59 Å². The van der Waals surface area contributed by atoms with Crippen LogP contribution in [0.1, 0.15) is 34.3 Å². The molecule has 0 radical (unpaired) electrons. The smallest absolute Gasteiger partial charge is 0.255 e. The van der Waals surface area contributed by atoms with E-state index >= 15 is 0 Å². The first-order valence-corrected chi connectivity index (χ1v) is 7.82. The number of anilines is 2. The van der Waals surface area contributed by atoms with Crippen molar-refractivity contribution in [2.45, 2.75) is 26.7 Å². The molecule has 2 aromatic carbocycles. The van der Waals surface area contributed by atoms with E-state index in [2.05, 4.69) is 10.6 Å². The number of carbonyl (C=O) groups is 2. The summed E-state index contributed by atoms with van der Waals surface area (Å²) >= 11 is 0. The molecule has 0 saturated heterocycles. The highest BCUT2D eigenvalue weighted by atomic mass is 16.2. The van der Waals surface area contributed by atoms with Crippen LogP contribution in [-0.4, -0.2) is 11.8 Å². The van der Waals surface area contributed by atoms with Gasteiger partial charge in [-0.3, -0.25) is 9.59 Å². The Balaban J connectivity index is 1.70. The topological polar surface area (TPSA) is 58.2 Å². The number of aryl methyl sites for hydroxylation is 2. The van der Waals surface area contributed by atoms with Crippen molar-refractivity contribution < 1.29 is 9.59 Å². The Morgan fingerprint density at radius 3 is 2.26 bits per heavy atom. The Morgan fingerprint density at radius 1 is 0.913 bits per heavy atom. The molecule has 0 spiro atoms. The van der Waals surface area contributed by atoms with Crippen molar-refractivity contribution in [3.8, 4) is 0 Å². The zero-order chi connectivity index (χ0) is 16.4. The third-order valence-corrected chi connectivity index (χ3v) is 4.11. The van der Waals surface area contributed by atoms with Crippen LogP contribution in [0.25, 0.3) is 0 Å². The van der Waals surface area contributed by atoms with Gasteiger partial charge >= 0.3 is 0 Å². The van der Waals surface area contributed by atoms with E-state index in [4.69, 9.17) is 0 Å². The van der Waals surface area contributed by atoms with E-state index in [1.54, 1.807) is 6.07 Å². The van der Waals surface area contributed by atoms with E-state index in [-0.39, 0.29) is 17.7 Å². The van der Waals surface area contributed by atoms with Gasteiger partial charge in [-0.05, 0) is 68.1 Å². The van der Waals surface area contributed by atoms with Crippen LogP contribution < -0.4 is 10.6 Å². The first-order chi connectivity index (χ1) is 11.0. The molecule has 0 bridgehead atoms. The Labute approximate surface area is 135 Å². The van der Waals surface area contributed by atoms with Crippen LogP contribution in [0, 0.1) is 19.8 Å². The Bertz CT molecular complexity index is 764. The van der Waals surface area contributed by atoms with Crippen molar-refractivity contribution >= 4 is 23.2 Å². The molecule has 2 N–H and O–H groups in total. The predicted octanol–water partition coefficient (Wildman–Crippen LogP) is 3.90. The van der Waals surface area contributed by atoms with Gasteiger partial charge in [0, 0.05) is 22.9 Å². The van der Waals surface area contributed by atoms with E-state index in [0.29, 0.717) is 16.9 Å². The first kappa shape index (κ1) is 15.3. The summed E-state index contributed by atoms with van der Waals surface area (Å²) in [5.74, 6) is 0.0604. The molecule has 23 heavy (non-hydrogen) atoms. The minimum atomic E-state index is -0.154. The highest BCUT2D eigenvalue weighted by molar-refractivity contribution is 6.05. The second-order valence-corrected chi connectivity index (χ2v) is 6.10. The normalized spacial score (nSPS) is 13.5. The summed E-state index contributed by atoms with van der Waals surface area (Å²) in [7, 11) is 0. The summed E-state index contributed by atoms with van der Waals surface area (Å²) in [6.45, 7) is 4.00. The zero-order valence-corrected chi connectivity index (χ0v) is 13.3. The van der Waals surface area contributed by atoms with Gasteiger partial charge in [0.05, 0.1) is 0 Å². The zero-order valence-electron chi connectivity index (χ0n) is 13.3. The number of benzene rings is 2. The molecular formula is C19H20N2O2. The van der Waals surface area contributed by atoms with Crippen LogP contribution in [-0.2, 0) is 4.79 Å². The molecule has 0 unspecified atom stereocenters. The van der Waals surface area contributed by atoms with Gasteiger partial charge < -0.3 is 10.6 Å². The predicted molar refractivity (Wildman–Crippen MR) is 91.7 cm³/mol. The Morgan fingerprint density at radius 2 is 1.61 bits per heavy atom. The van der Waals surface area contributed by atoms with Gasteiger partial charge in [-0.15, -0.1) is 0 Å². The number of hydrogen-bond donors (Lipinski definition) is 2. The standard InChI is InChI=1S/C19H20N2O2/c1-12-6-7-15(10-13(12)2)19(23)21-17-5-3-4-16(11-17)20-18(22)14-8-9-14/h3-7,10-11,14H,8-9H2,1-2H3,(H,20,22)(H,21,23). The molecule has 118 valence electrons. The fourth-order valence-corrected chi connectivity index (χ4v) is 2.35. The first-order valence-electron chi connectivity index (χ1n) is 7.82. The average molecular weight is 308 g/mol. The van der Waals surface area contributed by atoms with E-state index < -0.39 is 0 Å². The van der Waals surface area contributed by atoms with E-state index in [1.165, 1.54) is 0 Å². The van der Waals surface area contributed by atoms with Crippen LogP contribution in [0.15, 0.2) is 42.5 Å². The summed E-state index contributed by atoms with van der Waals surface area (Å²) in [4.78, 5) is 24.1. The maximum atomic E-state index is 12.3. The van der Waals surface area contributed by atoms with Crippen molar-refractivity contribution in [1.29, 1.82) is 0 Å². The second-order valence-electron chi connectivity index (χ2n) is 6.10. The van der Waals surface area contributed by atoms with Crippen molar-refractivity contribution in [2.24, 2.45) is 5.92 Å². The van der Waals surface area contributed by atoms with Gasteiger partial charge in [0.1, 0.15) is 0 Å². The van der Waals surface area contributed by atoms with E-state index in [1.807, 2.05) is 50.2 Å². The summed E-state index contributed by atoms with van der Waals surface area (Å²) in [5, 5.41) is 5.76. The van der Waals surface area contributed by atoms with Crippen molar-refractivity contribution in [2.75, 3.05) is 10.6 Å². The van der Waals surface area contributed by atoms with Crippen molar-refractivity contribution in [3.63, 3.8) is 0 Å².